The number of nitrogens with one attached hydrogen (secondary N) is 2. The number of carboxylic acid groups (broad SMARTS) is 1. The van der Waals surface area contributed by atoms with Crippen molar-refractivity contribution in [3.63, 3.8) is 0 Å². The molecule has 3 N–H and O–H groups in total. The van der Waals surface area contributed by atoms with Crippen molar-refractivity contribution < 1.29 is 24.2 Å². The van der Waals surface area contributed by atoms with Gasteiger partial charge in [-0.25, -0.2) is 9.59 Å². The topological polar surface area (TPSA) is 105 Å². The molecule has 1 fully saturated rings. The molecule has 0 aliphatic heterocycles. The van der Waals surface area contributed by atoms with Crippen molar-refractivity contribution in [1.29, 1.82) is 0 Å². The lowest BCUT2D eigenvalue weighted by atomic mass is 9.84. The zero-order valence-corrected chi connectivity index (χ0v) is 16.9. The number of rotatable bonds is 11. The molecule has 1 aliphatic carbocycles. The second kappa shape index (κ2) is 12.8. The van der Waals surface area contributed by atoms with Crippen LogP contribution in [0.3, 0.4) is 0 Å². The van der Waals surface area contributed by atoms with Crippen LogP contribution in [-0.4, -0.2) is 35.7 Å². The van der Waals surface area contributed by atoms with Gasteiger partial charge in [-0.1, -0.05) is 56.0 Å². The van der Waals surface area contributed by atoms with Gasteiger partial charge in [0, 0.05) is 13.0 Å². The van der Waals surface area contributed by atoms with Crippen LogP contribution in [0.15, 0.2) is 30.3 Å². The van der Waals surface area contributed by atoms with Gasteiger partial charge in [0.2, 0.25) is 5.91 Å². The fourth-order valence-electron chi connectivity index (χ4n) is 3.65. The quantitative estimate of drug-likeness (QED) is 0.489. The van der Waals surface area contributed by atoms with E-state index in [4.69, 9.17) is 4.74 Å². The van der Waals surface area contributed by atoms with Crippen molar-refractivity contribution in [2.75, 3.05) is 6.54 Å². The predicted molar refractivity (Wildman–Crippen MR) is 109 cm³/mol. The zero-order chi connectivity index (χ0) is 20.9. The third kappa shape index (κ3) is 8.98. The minimum Gasteiger partial charge on any atom is -0.480 e. The summed E-state index contributed by atoms with van der Waals surface area (Å²) in [5.74, 6) is -1.11. The second-order valence-corrected chi connectivity index (χ2v) is 7.58. The van der Waals surface area contributed by atoms with Crippen molar-refractivity contribution in [1.82, 2.24) is 10.6 Å². The van der Waals surface area contributed by atoms with E-state index in [2.05, 4.69) is 10.6 Å². The summed E-state index contributed by atoms with van der Waals surface area (Å²) in [6, 6.07) is 8.69. The lowest BCUT2D eigenvalue weighted by molar-refractivity contribution is -0.143. The molecule has 1 aromatic rings. The van der Waals surface area contributed by atoms with E-state index in [1.54, 1.807) is 0 Å². The second-order valence-electron chi connectivity index (χ2n) is 7.58. The Morgan fingerprint density at radius 2 is 1.76 bits per heavy atom. The number of aliphatic carboxylic acids is 1. The average molecular weight is 405 g/mol. The molecule has 0 aromatic heterocycles. The van der Waals surface area contributed by atoms with Crippen LogP contribution in [0.2, 0.25) is 0 Å². The minimum atomic E-state index is -0.941. The number of unbranched alkanes of at least 4 members (excludes halogenated alkanes) is 2. The Kier molecular flexibility index (Phi) is 10.0. The maximum absolute atomic E-state index is 12.1. The molecule has 1 aromatic carbocycles. The molecule has 0 radical (unpaired) electrons. The Labute approximate surface area is 172 Å². The van der Waals surface area contributed by atoms with Crippen molar-refractivity contribution in [2.45, 2.75) is 70.4 Å². The highest BCUT2D eigenvalue weighted by atomic mass is 16.5. The number of hydrogen-bond acceptors (Lipinski definition) is 4. The molecule has 1 atom stereocenters. The number of hydrogen-bond donors (Lipinski definition) is 3. The Morgan fingerprint density at radius 1 is 1.03 bits per heavy atom. The molecule has 0 heterocycles. The van der Waals surface area contributed by atoms with E-state index < -0.39 is 18.1 Å². The molecule has 2 amide bonds. The first kappa shape index (κ1) is 22.7. The number of amides is 2. The summed E-state index contributed by atoms with van der Waals surface area (Å²) in [6.07, 6.45) is 6.95. The number of carbonyl (C=O) groups is 3. The van der Waals surface area contributed by atoms with E-state index in [-0.39, 0.29) is 18.4 Å². The number of carboxylic acids is 1. The van der Waals surface area contributed by atoms with Crippen LogP contribution in [0.4, 0.5) is 4.79 Å². The normalized spacial score (nSPS) is 15.3. The minimum absolute atomic E-state index is 0.0382. The van der Waals surface area contributed by atoms with Crippen LogP contribution < -0.4 is 10.6 Å². The molecule has 1 saturated carbocycles. The molecule has 0 unspecified atom stereocenters. The Bertz CT molecular complexity index is 644. The number of benzene rings is 1. The van der Waals surface area contributed by atoms with E-state index in [0.29, 0.717) is 19.4 Å². The van der Waals surface area contributed by atoms with Gasteiger partial charge in [0.05, 0.1) is 0 Å². The van der Waals surface area contributed by atoms with Gasteiger partial charge in [-0.2, -0.15) is 0 Å². The summed E-state index contributed by atoms with van der Waals surface area (Å²) in [5, 5.41) is 14.8. The maximum atomic E-state index is 12.1. The molecule has 29 heavy (non-hydrogen) atoms. The molecule has 0 saturated heterocycles. The Hall–Kier alpha value is -2.57. The third-order valence-corrected chi connectivity index (χ3v) is 5.27. The number of alkyl carbamates (subject to hydrolysis) is 1. The van der Waals surface area contributed by atoms with Crippen molar-refractivity contribution in [3.8, 4) is 0 Å². The number of ether oxygens (including phenoxy) is 1. The van der Waals surface area contributed by atoms with Crippen LogP contribution in [0, 0.1) is 5.92 Å². The lowest BCUT2D eigenvalue weighted by Gasteiger charge is -2.28. The highest BCUT2D eigenvalue weighted by molar-refractivity contribution is 5.83. The van der Waals surface area contributed by atoms with E-state index in [1.807, 2.05) is 30.3 Å². The largest absolute Gasteiger partial charge is 0.480 e. The Morgan fingerprint density at radius 3 is 2.45 bits per heavy atom. The molecule has 7 heteroatoms. The number of carbonyl (C=O) groups excluding carboxylic acids is 2. The molecule has 2 rings (SSSR count). The summed E-state index contributed by atoms with van der Waals surface area (Å²) in [5.41, 5.74) is 0.932. The molecule has 7 nitrogen and oxygen atoms in total. The summed E-state index contributed by atoms with van der Waals surface area (Å²) in [4.78, 5) is 35.2. The van der Waals surface area contributed by atoms with Gasteiger partial charge >= 0.3 is 12.1 Å². The molecule has 160 valence electrons. The first-order valence-electron chi connectivity index (χ1n) is 10.5. The molecule has 0 spiro atoms. The summed E-state index contributed by atoms with van der Waals surface area (Å²) < 4.78 is 5.13. The monoisotopic (exact) mass is 404 g/mol. The maximum Gasteiger partial charge on any atom is 0.407 e. The fourth-order valence-corrected chi connectivity index (χ4v) is 3.65. The Balaban J connectivity index is 1.53. The van der Waals surface area contributed by atoms with Crippen molar-refractivity contribution in [3.05, 3.63) is 35.9 Å². The van der Waals surface area contributed by atoms with E-state index in [1.165, 1.54) is 0 Å². The van der Waals surface area contributed by atoms with Crippen LogP contribution in [0.1, 0.15) is 63.4 Å². The van der Waals surface area contributed by atoms with Gasteiger partial charge in [-0.3, -0.25) is 4.79 Å². The molecule has 1 aliphatic rings. The molecular weight excluding hydrogens is 372 g/mol. The van der Waals surface area contributed by atoms with Crippen LogP contribution in [-0.2, 0) is 20.9 Å². The van der Waals surface area contributed by atoms with Gasteiger partial charge < -0.3 is 20.5 Å². The van der Waals surface area contributed by atoms with Crippen LogP contribution >= 0.6 is 0 Å². The predicted octanol–water partition coefficient (Wildman–Crippen LogP) is 3.62. The SMILES string of the molecule is O=C(CCCCCNC(=O)OCc1ccccc1)N[C@@H](C(=O)O)C1CCCCC1. The fraction of sp³-hybridized carbons (Fsp3) is 0.591. The third-order valence-electron chi connectivity index (χ3n) is 5.27. The van der Waals surface area contributed by atoms with E-state index >= 15 is 0 Å². The summed E-state index contributed by atoms with van der Waals surface area (Å²) in [6.45, 7) is 0.716. The highest BCUT2D eigenvalue weighted by Crippen LogP contribution is 2.26. The van der Waals surface area contributed by atoms with Gasteiger partial charge in [0.25, 0.3) is 0 Å². The van der Waals surface area contributed by atoms with Crippen molar-refractivity contribution >= 4 is 18.0 Å². The van der Waals surface area contributed by atoms with Crippen molar-refractivity contribution in [2.24, 2.45) is 5.92 Å². The van der Waals surface area contributed by atoms with Gasteiger partial charge in [-0.15, -0.1) is 0 Å². The first-order valence-corrected chi connectivity index (χ1v) is 10.5. The van der Waals surface area contributed by atoms with Crippen LogP contribution in [0.5, 0.6) is 0 Å². The van der Waals surface area contributed by atoms with E-state index in [9.17, 15) is 19.5 Å². The van der Waals surface area contributed by atoms with Gasteiger partial charge in [0.1, 0.15) is 12.6 Å². The first-order chi connectivity index (χ1) is 14.1. The average Bonchev–Trinajstić information content (AvgIpc) is 2.74. The van der Waals surface area contributed by atoms with Crippen LogP contribution in [0.25, 0.3) is 0 Å². The van der Waals surface area contributed by atoms with Gasteiger partial charge in [-0.05, 0) is 37.2 Å². The smallest absolute Gasteiger partial charge is 0.407 e. The standard InChI is InChI=1S/C22H32N2O5/c25-19(24-20(21(26)27)18-12-6-2-7-13-18)14-8-3-9-15-23-22(28)29-16-17-10-4-1-5-11-17/h1,4-5,10-11,18,20H,2-3,6-9,12-16H2,(H,23,28)(H,24,25)(H,26,27)/t20-/m1/s1. The summed E-state index contributed by atoms with van der Waals surface area (Å²) >= 11 is 0. The highest BCUT2D eigenvalue weighted by Gasteiger charge is 2.30. The molecular formula is C22H32N2O5. The van der Waals surface area contributed by atoms with E-state index in [0.717, 1.165) is 50.5 Å². The molecule has 0 bridgehead atoms. The summed E-state index contributed by atoms with van der Waals surface area (Å²) in [7, 11) is 0. The zero-order valence-electron chi connectivity index (χ0n) is 16.9. The lowest BCUT2D eigenvalue weighted by Crippen LogP contribution is -2.46. The van der Waals surface area contributed by atoms with Gasteiger partial charge in [0.15, 0.2) is 0 Å².